The molecule has 0 aromatic heterocycles. The second-order valence-corrected chi connectivity index (χ2v) is 3.66. The van der Waals surface area contributed by atoms with Crippen molar-refractivity contribution in [2.45, 2.75) is 32.3 Å². The lowest BCUT2D eigenvalue weighted by molar-refractivity contribution is -0.279. The number of carbonyl (C=O) groups is 1. The maximum Gasteiger partial charge on any atom is 0.132 e. The molecule has 1 atom stereocenters. The van der Waals surface area contributed by atoms with Gasteiger partial charge in [0.25, 0.3) is 0 Å². The highest BCUT2D eigenvalue weighted by Gasteiger charge is 2.11. The van der Waals surface area contributed by atoms with Gasteiger partial charge in [0, 0.05) is 6.42 Å². The van der Waals surface area contributed by atoms with Crippen LogP contribution >= 0.6 is 0 Å². The highest BCUT2D eigenvalue weighted by Crippen LogP contribution is 2.09. The zero-order chi connectivity index (χ0) is 11.1. The van der Waals surface area contributed by atoms with Crippen molar-refractivity contribution in [2.75, 3.05) is 0 Å². The largest absolute Gasteiger partial charge is 0.300 e. The van der Waals surface area contributed by atoms with Crippen LogP contribution in [0.1, 0.15) is 25.3 Å². The van der Waals surface area contributed by atoms with E-state index in [2.05, 4.69) is 4.89 Å². The monoisotopic (exact) mass is 208 g/mol. The summed E-state index contributed by atoms with van der Waals surface area (Å²) in [7, 11) is 0. The van der Waals surface area contributed by atoms with E-state index in [0.717, 1.165) is 6.42 Å². The van der Waals surface area contributed by atoms with Gasteiger partial charge in [0.15, 0.2) is 0 Å². The molecular formula is C12H16O3. The Labute approximate surface area is 89.6 Å². The van der Waals surface area contributed by atoms with Gasteiger partial charge in [-0.1, -0.05) is 30.3 Å². The van der Waals surface area contributed by atoms with Gasteiger partial charge in [-0.2, -0.15) is 0 Å². The van der Waals surface area contributed by atoms with Crippen LogP contribution in [0, 0.1) is 0 Å². The average molecular weight is 208 g/mol. The summed E-state index contributed by atoms with van der Waals surface area (Å²) in [6.45, 7) is 1.49. The SMILES string of the molecule is CC(=O)C[C@@H](CCc1ccccc1)OO. The van der Waals surface area contributed by atoms with Crippen molar-refractivity contribution in [3.05, 3.63) is 35.9 Å². The third kappa shape index (κ3) is 4.72. The predicted molar refractivity (Wildman–Crippen MR) is 57.6 cm³/mol. The third-order valence-corrected chi connectivity index (χ3v) is 2.26. The van der Waals surface area contributed by atoms with Crippen LogP contribution in [0.25, 0.3) is 0 Å². The molecule has 15 heavy (non-hydrogen) atoms. The molecule has 0 bridgehead atoms. The van der Waals surface area contributed by atoms with Crippen LogP contribution in [0.15, 0.2) is 30.3 Å². The summed E-state index contributed by atoms with van der Waals surface area (Å²) in [5.74, 6) is 0.0297. The molecule has 0 radical (unpaired) electrons. The van der Waals surface area contributed by atoms with Crippen LogP contribution in [0.2, 0.25) is 0 Å². The van der Waals surface area contributed by atoms with Crippen molar-refractivity contribution in [1.29, 1.82) is 0 Å². The number of rotatable bonds is 6. The van der Waals surface area contributed by atoms with Crippen molar-refractivity contribution in [3.63, 3.8) is 0 Å². The molecular weight excluding hydrogens is 192 g/mol. The molecule has 3 heteroatoms. The van der Waals surface area contributed by atoms with E-state index in [1.165, 1.54) is 12.5 Å². The fourth-order valence-corrected chi connectivity index (χ4v) is 1.48. The number of ketones is 1. The Morgan fingerprint density at radius 1 is 1.40 bits per heavy atom. The van der Waals surface area contributed by atoms with E-state index < -0.39 is 0 Å². The fourth-order valence-electron chi connectivity index (χ4n) is 1.48. The van der Waals surface area contributed by atoms with Gasteiger partial charge in [0.1, 0.15) is 5.78 Å². The van der Waals surface area contributed by atoms with Crippen LogP contribution in [0.4, 0.5) is 0 Å². The van der Waals surface area contributed by atoms with E-state index in [9.17, 15) is 4.79 Å². The molecule has 0 unspecified atom stereocenters. The van der Waals surface area contributed by atoms with Gasteiger partial charge in [-0.15, -0.1) is 0 Å². The Balaban J connectivity index is 2.37. The lowest BCUT2D eigenvalue weighted by Gasteiger charge is -2.11. The first kappa shape index (κ1) is 11.9. The Kier molecular flexibility index (Phi) is 5.01. The van der Waals surface area contributed by atoms with E-state index >= 15 is 0 Å². The second-order valence-electron chi connectivity index (χ2n) is 3.66. The molecule has 82 valence electrons. The van der Waals surface area contributed by atoms with Crippen molar-refractivity contribution in [1.82, 2.24) is 0 Å². The van der Waals surface area contributed by atoms with Crippen molar-refractivity contribution in [2.24, 2.45) is 0 Å². The number of benzene rings is 1. The van der Waals surface area contributed by atoms with Crippen LogP contribution < -0.4 is 0 Å². The van der Waals surface area contributed by atoms with Crippen molar-refractivity contribution in [3.8, 4) is 0 Å². The number of hydrogen-bond donors (Lipinski definition) is 1. The lowest BCUT2D eigenvalue weighted by Crippen LogP contribution is -2.15. The van der Waals surface area contributed by atoms with Crippen LogP contribution in [0.3, 0.4) is 0 Å². The predicted octanol–water partition coefficient (Wildman–Crippen LogP) is 2.46. The molecule has 3 nitrogen and oxygen atoms in total. The van der Waals surface area contributed by atoms with Crippen LogP contribution in [-0.4, -0.2) is 17.1 Å². The molecule has 0 spiro atoms. The average Bonchev–Trinajstić information content (AvgIpc) is 2.25. The first-order valence-electron chi connectivity index (χ1n) is 5.06. The molecule has 0 heterocycles. The van der Waals surface area contributed by atoms with Gasteiger partial charge in [-0.05, 0) is 25.3 Å². The van der Waals surface area contributed by atoms with Crippen LogP contribution in [-0.2, 0) is 16.1 Å². The molecule has 1 aromatic rings. The standard InChI is InChI=1S/C12H16O3/c1-10(13)9-12(15-14)8-7-11-5-3-2-4-6-11/h2-6,12,14H,7-9H2,1H3/t12-/m1/s1. The molecule has 0 aliphatic carbocycles. The van der Waals surface area contributed by atoms with Gasteiger partial charge in [0.2, 0.25) is 0 Å². The zero-order valence-electron chi connectivity index (χ0n) is 8.85. The van der Waals surface area contributed by atoms with Gasteiger partial charge in [-0.25, -0.2) is 4.89 Å². The van der Waals surface area contributed by atoms with Crippen molar-refractivity contribution >= 4 is 5.78 Å². The van der Waals surface area contributed by atoms with Gasteiger partial charge in [0.05, 0.1) is 6.10 Å². The smallest absolute Gasteiger partial charge is 0.132 e. The summed E-state index contributed by atoms with van der Waals surface area (Å²) in [6.07, 6.45) is 1.34. The van der Waals surface area contributed by atoms with E-state index in [4.69, 9.17) is 5.26 Å². The maximum absolute atomic E-state index is 10.8. The summed E-state index contributed by atoms with van der Waals surface area (Å²) in [6, 6.07) is 9.92. The number of Topliss-reactive ketones (excluding diaryl/α,β-unsaturated/α-hetero) is 1. The Morgan fingerprint density at radius 2 is 2.07 bits per heavy atom. The summed E-state index contributed by atoms with van der Waals surface area (Å²) in [5, 5.41) is 8.60. The topological polar surface area (TPSA) is 46.5 Å². The molecule has 1 N–H and O–H groups in total. The molecule has 0 amide bonds. The highest BCUT2D eigenvalue weighted by atomic mass is 17.1. The fraction of sp³-hybridized carbons (Fsp3) is 0.417. The zero-order valence-corrected chi connectivity index (χ0v) is 8.85. The maximum atomic E-state index is 10.8. The summed E-state index contributed by atoms with van der Waals surface area (Å²) < 4.78 is 0. The molecule has 0 saturated heterocycles. The quantitative estimate of drug-likeness (QED) is 0.577. The first-order chi connectivity index (χ1) is 7.22. The highest BCUT2D eigenvalue weighted by molar-refractivity contribution is 5.75. The second kappa shape index (κ2) is 6.32. The normalized spacial score (nSPS) is 12.4. The molecule has 1 rings (SSSR count). The Bertz CT molecular complexity index is 295. The molecule has 0 fully saturated rings. The van der Waals surface area contributed by atoms with Crippen molar-refractivity contribution < 1.29 is 14.9 Å². The molecule has 0 aliphatic rings. The Hall–Kier alpha value is -1.19. The minimum Gasteiger partial charge on any atom is -0.300 e. The minimum absolute atomic E-state index is 0.0297. The van der Waals surface area contributed by atoms with E-state index in [1.807, 2.05) is 30.3 Å². The lowest BCUT2D eigenvalue weighted by atomic mass is 10.0. The van der Waals surface area contributed by atoms with E-state index in [0.29, 0.717) is 6.42 Å². The van der Waals surface area contributed by atoms with E-state index in [1.54, 1.807) is 0 Å². The number of carbonyl (C=O) groups excluding carboxylic acids is 1. The summed E-state index contributed by atoms with van der Waals surface area (Å²) >= 11 is 0. The summed E-state index contributed by atoms with van der Waals surface area (Å²) in [5.41, 5.74) is 1.18. The molecule has 0 aliphatic heterocycles. The third-order valence-electron chi connectivity index (χ3n) is 2.26. The summed E-state index contributed by atoms with van der Waals surface area (Å²) in [4.78, 5) is 15.1. The van der Waals surface area contributed by atoms with Crippen LogP contribution in [0.5, 0.6) is 0 Å². The van der Waals surface area contributed by atoms with Gasteiger partial charge >= 0.3 is 0 Å². The van der Waals surface area contributed by atoms with Gasteiger partial charge < -0.3 is 0 Å². The van der Waals surface area contributed by atoms with E-state index in [-0.39, 0.29) is 18.3 Å². The van der Waals surface area contributed by atoms with Gasteiger partial charge in [-0.3, -0.25) is 10.1 Å². The first-order valence-corrected chi connectivity index (χ1v) is 5.06. The number of aryl methyl sites for hydroxylation is 1. The molecule has 0 saturated carbocycles. The number of hydrogen-bond acceptors (Lipinski definition) is 3. The Morgan fingerprint density at radius 3 is 2.60 bits per heavy atom. The molecule has 1 aromatic carbocycles. The minimum atomic E-state index is -0.386.